The van der Waals surface area contributed by atoms with Gasteiger partial charge in [-0.2, -0.15) is 13.2 Å². The van der Waals surface area contributed by atoms with Crippen LogP contribution in [0.1, 0.15) is 18.9 Å². The first-order valence-corrected chi connectivity index (χ1v) is 8.59. The van der Waals surface area contributed by atoms with E-state index in [2.05, 4.69) is 24.9 Å². The minimum atomic E-state index is -4.37. The number of rotatable bonds is 7. The summed E-state index contributed by atoms with van der Waals surface area (Å²) >= 11 is 0. The summed E-state index contributed by atoms with van der Waals surface area (Å²) in [7, 11) is 1.98. The van der Waals surface area contributed by atoms with Gasteiger partial charge in [0.25, 0.3) is 0 Å². The molecule has 1 aromatic heterocycles. The van der Waals surface area contributed by atoms with E-state index >= 15 is 0 Å². The van der Waals surface area contributed by atoms with Crippen LogP contribution in [0, 0.1) is 5.92 Å². The smallest absolute Gasteiger partial charge is 0.422 e. The topological polar surface area (TPSA) is 59.0 Å². The molecule has 0 bridgehead atoms. The first-order valence-electron chi connectivity index (χ1n) is 8.59. The first kappa shape index (κ1) is 20.3. The van der Waals surface area contributed by atoms with Gasteiger partial charge in [-0.1, -0.05) is 6.07 Å². The molecular weight excluding hydrogens is 349 g/mol. The fraction of sp³-hybridized carbons (Fsp3) is 0.647. The Morgan fingerprint density at radius 1 is 1.46 bits per heavy atom. The van der Waals surface area contributed by atoms with Gasteiger partial charge >= 0.3 is 6.18 Å². The Morgan fingerprint density at radius 2 is 2.27 bits per heavy atom. The second kappa shape index (κ2) is 9.61. The number of aliphatic imine (C=N–C) groups is 1. The maximum Gasteiger partial charge on any atom is 0.422 e. The Labute approximate surface area is 151 Å². The molecule has 6 nitrogen and oxygen atoms in total. The van der Waals surface area contributed by atoms with Gasteiger partial charge in [0.15, 0.2) is 12.6 Å². The maximum atomic E-state index is 12.1. The molecule has 1 aromatic rings. The van der Waals surface area contributed by atoms with E-state index in [0.29, 0.717) is 12.5 Å². The van der Waals surface area contributed by atoms with Crippen molar-refractivity contribution in [3.8, 4) is 5.88 Å². The number of nitrogens with one attached hydrogen (secondary N) is 1. The molecular formula is C17H25F3N4O2. The lowest BCUT2D eigenvalue weighted by molar-refractivity contribution is -0.154. The van der Waals surface area contributed by atoms with Crippen LogP contribution in [0.25, 0.3) is 0 Å². The molecule has 2 rings (SSSR count). The van der Waals surface area contributed by atoms with Crippen LogP contribution in [0.2, 0.25) is 0 Å². The molecule has 1 aliphatic heterocycles. The van der Waals surface area contributed by atoms with Crippen molar-refractivity contribution in [2.75, 3.05) is 40.0 Å². The molecule has 0 radical (unpaired) electrons. The van der Waals surface area contributed by atoms with Crippen LogP contribution in [0.15, 0.2) is 23.3 Å². The molecule has 9 heteroatoms. The highest BCUT2D eigenvalue weighted by Gasteiger charge is 2.28. The van der Waals surface area contributed by atoms with Crippen molar-refractivity contribution in [1.29, 1.82) is 0 Å². The zero-order valence-electron chi connectivity index (χ0n) is 15.1. The largest absolute Gasteiger partial charge is 0.468 e. The molecule has 146 valence electrons. The van der Waals surface area contributed by atoms with E-state index in [1.54, 1.807) is 6.07 Å². The minimum Gasteiger partial charge on any atom is -0.468 e. The van der Waals surface area contributed by atoms with Crippen molar-refractivity contribution in [2.45, 2.75) is 26.1 Å². The first-order chi connectivity index (χ1) is 12.4. The second-order valence-corrected chi connectivity index (χ2v) is 6.19. The molecule has 1 N–H and O–H groups in total. The number of hydrogen-bond donors (Lipinski definition) is 1. The molecule has 0 aliphatic carbocycles. The number of hydrogen-bond acceptors (Lipinski definition) is 4. The Balaban J connectivity index is 1.91. The average molecular weight is 374 g/mol. The summed E-state index contributed by atoms with van der Waals surface area (Å²) in [6.45, 7) is 4.20. The van der Waals surface area contributed by atoms with E-state index < -0.39 is 12.8 Å². The fourth-order valence-electron chi connectivity index (χ4n) is 2.58. The van der Waals surface area contributed by atoms with Crippen molar-refractivity contribution < 1.29 is 22.6 Å². The number of ether oxygens (including phenoxy) is 2. The SMILES string of the molecule is CCNC(=NCc1ccc(OCC(F)(F)F)nc1)N(C)CC1CCOC1. The predicted octanol–water partition coefficient (Wildman–Crippen LogP) is 2.46. The zero-order valence-corrected chi connectivity index (χ0v) is 15.1. The van der Waals surface area contributed by atoms with E-state index in [1.807, 2.05) is 14.0 Å². The number of guanidine groups is 1. The van der Waals surface area contributed by atoms with E-state index in [1.165, 1.54) is 12.3 Å². The Kier molecular flexibility index (Phi) is 7.50. The maximum absolute atomic E-state index is 12.1. The molecule has 1 unspecified atom stereocenters. The van der Waals surface area contributed by atoms with E-state index in [0.717, 1.165) is 44.2 Å². The highest BCUT2D eigenvalue weighted by molar-refractivity contribution is 5.79. The summed E-state index contributed by atoms with van der Waals surface area (Å²) in [6.07, 6.45) is -1.85. The summed E-state index contributed by atoms with van der Waals surface area (Å²) < 4.78 is 46.4. The zero-order chi connectivity index (χ0) is 19.0. The molecule has 1 saturated heterocycles. The summed E-state index contributed by atoms with van der Waals surface area (Å²) in [5.41, 5.74) is 0.789. The molecule has 0 saturated carbocycles. The monoisotopic (exact) mass is 374 g/mol. The molecule has 0 amide bonds. The molecule has 2 heterocycles. The highest BCUT2D eigenvalue weighted by Crippen LogP contribution is 2.17. The number of nitrogens with zero attached hydrogens (tertiary/aromatic N) is 3. The number of halogens is 3. The lowest BCUT2D eigenvalue weighted by Crippen LogP contribution is -2.41. The molecule has 0 spiro atoms. The quantitative estimate of drug-likeness (QED) is 0.587. The third kappa shape index (κ3) is 7.07. The van der Waals surface area contributed by atoms with Crippen LogP contribution in [0.3, 0.4) is 0 Å². The molecule has 1 aliphatic rings. The van der Waals surface area contributed by atoms with E-state index in [4.69, 9.17) is 4.74 Å². The molecule has 1 fully saturated rings. The van der Waals surface area contributed by atoms with Crippen LogP contribution in [0.4, 0.5) is 13.2 Å². The standard InChI is InChI=1S/C17H25F3N4O2/c1-3-21-16(24(2)10-14-6-7-25-11-14)23-9-13-4-5-15(22-8-13)26-12-17(18,19)20/h4-5,8,14H,3,6-7,9-12H2,1-2H3,(H,21,23). The molecule has 0 aromatic carbocycles. The number of pyridine rings is 1. The molecule has 1 atom stereocenters. The van der Waals surface area contributed by atoms with Crippen molar-refractivity contribution in [2.24, 2.45) is 10.9 Å². The predicted molar refractivity (Wildman–Crippen MR) is 92.2 cm³/mol. The summed E-state index contributed by atoms with van der Waals surface area (Å²) in [5, 5.41) is 3.24. The van der Waals surface area contributed by atoms with Crippen molar-refractivity contribution in [3.63, 3.8) is 0 Å². The van der Waals surface area contributed by atoms with Crippen LogP contribution < -0.4 is 10.1 Å². The summed E-state index contributed by atoms with van der Waals surface area (Å²) in [6, 6.07) is 3.08. The summed E-state index contributed by atoms with van der Waals surface area (Å²) in [4.78, 5) is 10.5. The van der Waals surface area contributed by atoms with Crippen molar-refractivity contribution >= 4 is 5.96 Å². The lowest BCUT2D eigenvalue weighted by Gasteiger charge is -2.24. The van der Waals surface area contributed by atoms with Gasteiger partial charge in [-0.3, -0.25) is 0 Å². The van der Waals surface area contributed by atoms with Gasteiger partial charge in [0.1, 0.15) is 0 Å². The third-order valence-electron chi connectivity index (χ3n) is 3.85. The normalized spacial score (nSPS) is 18.0. The highest BCUT2D eigenvalue weighted by atomic mass is 19.4. The molecule has 26 heavy (non-hydrogen) atoms. The number of alkyl halides is 3. The Morgan fingerprint density at radius 3 is 2.85 bits per heavy atom. The Hall–Kier alpha value is -2.03. The van der Waals surface area contributed by atoms with Crippen molar-refractivity contribution in [3.05, 3.63) is 23.9 Å². The van der Waals surface area contributed by atoms with Crippen molar-refractivity contribution in [1.82, 2.24) is 15.2 Å². The average Bonchev–Trinajstić information content (AvgIpc) is 3.10. The Bertz CT molecular complexity index is 572. The van der Waals surface area contributed by atoms with Crippen LogP contribution in [-0.2, 0) is 11.3 Å². The summed E-state index contributed by atoms with van der Waals surface area (Å²) in [5.74, 6) is 1.22. The fourth-order valence-corrected chi connectivity index (χ4v) is 2.58. The van der Waals surface area contributed by atoms with Gasteiger partial charge < -0.3 is 19.7 Å². The van der Waals surface area contributed by atoms with Crippen LogP contribution in [0.5, 0.6) is 5.88 Å². The van der Waals surface area contributed by atoms with Gasteiger partial charge in [0.05, 0.1) is 13.2 Å². The van der Waals surface area contributed by atoms with Crippen LogP contribution in [-0.4, -0.2) is 62.0 Å². The third-order valence-corrected chi connectivity index (χ3v) is 3.85. The van der Waals surface area contributed by atoms with Gasteiger partial charge in [-0.15, -0.1) is 0 Å². The van der Waals surface area contributed by atoms with Crippen LogP contribution >= 0.6 is 0 Å². The van der Waals surface area contributed by atoms with Gasteiger partial charge in [-0.25, -0.2) is 9.98 Å². The van der Waals surface area contributed by atoms with Gasteiger partial charge in [0.2, 0.25) is 5.88 Å². The minimum absolute atomic E-state index is 0.0553. The number of aromatic nitrogens is 1. The lowest BCUT2D eigenvalue weighted by atomic mass is 10.1. The van der Waals surface area contributed by atoms with Gasteiger partial charge in [0, 0.05) is 44.9 Å². The second-order valence-electron chi connectivity index (χ2n) is 6.19. The van der Waals surface area contributed by atoms with Gasteiger partial charge in [-0.05, 0) is 18.9 Å². The van der Waals surface area contributed by atoms with E-state index in [-0.39, 0.29) is 5.88 Å². The van der Waals surface area contributed by atoms with E-state index in [9.17, 15) is 13.2 Å².